The summed E-state index contributed by atoms with van der Waals surface area (Å²) in [5.74, 6) is 0. The number of nitrogens with zero attached hydrogens (tertiary/aromatic N) is 1. The van der Waals surface area contributed by atoms with Gasteiger partial charge in [0.05, 0.1) is 0 Å². The molecule has 0 radical (unpaired) electrons. The molecule has 0 spiro atoms. The van der Waals surface area contributed by atoms with Crippen LogP contribution in [0.4, 0.5) is 17.1 Å². The standard InChI is InChI=1S/C58H39NS/c1-2-11-40(12-3-1)46-15-8-16-47(37-46)42-25-31-51(32-26-42)59(53-35-29-44(30-36-53)54-20-10-22-57-58(54)55-19-6-7-21-56(55)60-57)52-33-27-43(28-34-52)48-17-9-18-49(38-48)50-24-23-41-13-4-5-14-45(41)39-50/h1-39H. The number of fused-ring (bicyclic) bond motifs is 4. The zero-order valence-corrected chi connectivity index (χ0v) is 33.7. The van der Waals surface area contributed by atoms with Gasteiger partial charge in [-0.1, -0.05) is 170 Å². The van der Waals surface area contributed by atoms with E-state index in [1.165, 1.54) is 86.6 Å². The number of rotatable bonds is 8. The zero-order chi connectivity index (χ0) is 39.8. The lowest BCUT2D eigenvalue weighted by atomic mass is 9.97. The Morgan fingerprint density at radius 2 is 0.700 bits per heavy atom. The minimum absolute atomic E-state index is 1.10. The van der Waals surface area contributed by atoms with Crippen LogP contribution in [0, 0.1) is 0 Å². The van der Waals surface area contributed by atoms with E-state index in [0.717, 1.165) is 17.1 Å². The Labute approximate surface area is 354 Å². The fourth-order valence-electron chi connectivity index (χ4n) is 8.61. The molecule has 0 fully saturated rings. The summed E-state index contributed by atoms with van der Waals surface area (Å²) in [7, 11) is 0. The summed E-state index contributed by atoms with van der Waals surface area (Å²) >= 11 is 1.86. The molecule has 0 amide bonds. The van der Waals surface area contributed by atoms with E-state index < -0.39 is 0 Å². The van der Waals surface area contributed by atoms with Crippen LogP contribution in [0.15, 0.2) is 237 Å². The van der Waals surface area contributed by atoms with Crippen molar-refractivity contribution in [2.45, 2.75) is 0 Å². The molecule has 1 aromatic heterocycles. The molecular weight excluding hydrogens is 743 g/mol. The quantitative estimate of drug-likeness (QED) is 0.148. The lowest BCUT2D eigenvalue weighted by Gasteiger charge is -2.26. The molecule has 0 aliphatic heterocycles. The van der Waals surface area contributed by atoms with Crippen molar-refractivity contribution in [1.82, 2.24) is 0 Å². The molecule has 11 aromatic rings. The predicted octanol–water partition coefficient (Wildman–Crippen LogP) is 17.0. The van der Waals surface area contributed by atoms with Crippen LogP contribution in [-0.2, 0) is 0 Å². The van der Waals surface area contributed by atoms with Crippen molar-refractivity contribution < 1.29 is 0 Å². The highest BCUT2D eigenvalue weighted by Gasteiger charge is 2.16. The molecule has 60 heavy (non-hydrogen) atoms. The molecule has 1 nitrogen and oxygen atoms in total. The van der Waals surface area contributed by atoms with E-state index in [1.54, 1.807) is 0 Å². The molecule has 0 bridgehead atoms. The first-order valence-corrected chi connectivity index (χ1v) is 21.3. The van der Waals surface area contributed by atoms with Crippen LogP contribution in [-0.4, -0.2) is 0 Å². The van der Waals surface area contributed by atoms with E-state index in [2.05, 4.69) is 241 Å². The Kier molecular flexibility index (Phi) is 9.11. The number of anilines is 3. The summed E-state index contributed by atoms with van der Waals surface area (Å²) in [6.07, 6.45) is 0. The summed E-state index contributed by atoms with van der Waals surface area (Å²) in [5.41, 5.74) is 15.4. The first-order chi connectivity index (χ1) is 29.7. The van der Waals surface area contributed by atoms with Gasteiger partial charge in [0, 0.05) is 37.2 Å². The van der Waals surface area contributed by atoms with Gasteiger partial charge in [0.2, 0.25) is 0 Å². The SMILES string of the molecule is c1ccc(-c2cccc(-c3ccc(N(c4ccc(-c5cccc(-c6ccc7ccccc7c6)c5)cc4)c4ccc(-c5cccc6sc7ccccc7c56)cc4)cc3)c2)cc1. The third-order valence-corrected chi connectivity index (χ3v) is 12.8. The molecule has 1 heterocycles. The van der Waals surface area contributed by atoms with Crippen molar-refractivity contribution in [3.63, 3.8) is 0 Å². The third kappa shape index (κ3) is 6.73. The third-order valence-electron chi connectivity index (χ3n) is 11.7. The van der Waals surface area contributed by atoms with Gasteiger partial charge in [-0.2, -0.15) is 0 Å². The van der Waals surface area contributed by atoms with Gasteiger partial charge in [0.1, 0.15) is 0 Å². The van der Waals surface area contributed by atoms with Crippen LogP contribution in [0.25, 0.3) is 86.6 Å². The van der Waals surface area contributed by atoms with Crippen LogP contribution in [0.5, 0.6) is 0 Å². The Bertz CT molecular complexity index is 3290. The highest BCUT2D eigenvalue weighted by Crippen LogP contribution is 2.42. The second kappa shape index (κ2) is 15.3. The Hall–Kier alpha value is -7.52. The molecule has 0 aliphatic rings. The number of benzene rings is 10. The van der Waals surface area contributed by atoms with E-state index in [-0.39, 0.29) is 0 Å². The highest BCUT2D eigenvalue weighted by atomic mass is 32.1. The van der Waals surface area contributed by atoms with Gasteiger partial charge in [-0.3, -0.25) is 0 Å². The maximum Gasteiger partial charge on any atom is 0.0462 e. The minimum Gasteiger partial charge on any atom is -0.311 e. The molecule has 0 saturated heterocycles. The maximum absolute atomic E-state index is 2.36. The van der Waals surface area contributed by atoms with Crippen LogP contribution in [0.3, 0.4) is 0 Å². The fourth-order valence-corrected chi connectivity index (χ4v) is 9.75. The second-order valence-electron chi connectivity index (χ2n) is 15.3. The number of thiophene rings is 1. The van der Waals surface area contributed by atoms with Crippen LogP contribution in [0.2, 0.25) is 0 Å². The summed E-state index contributed by atoms with van der Waals surface area (Å²) in [6, 6.07) is 86.1. The average Bonchev–Trinajstić information content (AvgIpc) is 3.72. The lowest BCUT2D eigenvalue weighted by Crippen LogP contribution is -2.09. The fraction of sp³-hybridized carbons (Fsp3) is 0. The molecular formula is C58H39NS. The highest BCUT2D eigenvalue weighted by molar-refractivity contribution is 7.25. The molecule has 282 valence electrons. The van der Waals surface area contributed by atoms with Gasteiger partial charge < -0.3 is 4.90 Å². The molecule has 0 atom stereocenters. The number of hydrogen-bond acceptors (Lipinski definition) is 2. The molecule has 0 N–H and O–H groups in total. The zero-order valence-electron chi connectivity index (χ0n) is 32.9. The first-order valence-electron chi connectivity index (χ1n) is 20.5. The summed E-state index contributed by atoms with van der Waals surface area (Å²) in [5, 5.41) is 5.15. The smallest absolute Gasteiger partial charge is 0.0462 e. The van der Waals surface area contributed by atoms with E-state index in [9.17, 15) is 0 Å². The van der Waals surface area contributed by atoms with Crippen molar-refractivity contribution in [3.8, 4) is 55.6 Å². The molecule has 10 aromatic carbocycles. The normalized spacial score (nSPS) is 11.3. The van der Waals surface area contributed by atoms with Crippen LogP contribution < -0.4 is 4.90 Å². The van der Waals surface area contributed by atoms with E-state index in [0.29, 0.717) is 0 Å². The summed E-state index contributed by atoms with van der Waals surface area (Å²) in [4.78, 5) is 2.36. The molecule has 2 heteroatoms. The van der Waals surface area contributed by atoms with Crippen LogP contribution >= 0.6 is 11.3 Å². The van der Waals surface area contributed by atoms with E-state index in [1.807, 2.05) is 11.3 Å². The van der Waals surface area contributed by atoms with Crippen molar-refractivity contribution in [2.75, 3.05) is 4.90 Å². The topological polar surface area (TPSA) is 3.24 Å². The first kappa shape index (κ1) is 35.6. The van der Waals surface area contributed by atoms with E-state index >= 15 is 0 Å². The number of hydrogen-bond donors (Lipinski definition) is 0. The minimum atomic E-state index is 1.10. The molecule has 0 aliphatic carbocycles. The molecule has 0 unspecified atom stereocenters. The van der Waals surface area contributed by atoms with Gasteiger partial charge >= 0.3 is 0 Å². The molecule has 11 rings (SSSR count). The van der Waals surface area contributed by atoms with Gasteiger partial charge in [0.25, 0.3) is 0 Å². The largest absolute Gasteiger partial charge is 0.311 e. The van der Waals surface area contributed by atoms with Crippen molar-refractivity contribution in [2.24, 2.45) is 0 Å². The van der Waals surface area contributed by atoms with Crippen molar-refractivity contribution in [1.29, 1.82) is 0 Å². The Morgan fingerprint density at radius 3 is 1.33 bits per heavy atom. The lowest BCUT2D eigenvalue weighted by molar-refractivity contribution is 1.28. The summed E-state index contributed by atoms with van der Waals surface area (Å²) in [6.45, 7) is 0. The van der Waals surface area contributed by atoms with Gasteiger partial charge in [0.15, 0.2) is 0 Å². The van der Waals surface area contributed by atoms with Crippen molar-refractivity contribution in [3.05, 3.63) is 237 Å². The van der Waals surface area contributed by atoms with Crippen LogP contribution in [0.1, 0.15) is 0 Å². The second-order valence-corrected chi connectivity index (χ2v) is 16.4. The Balaban J connectivity index is 0.957. The average molecular weight is 782 g/mol. The molecule has 0 saturated carbocycles. The van der Waals surface area contributed by atoms with Gasteiger partial charge in [-0.05, 0) is 133 Å². The van der Waals surface area contributed by atoms with E-state index in [4.69, 9.17) is 0 Å². The monoisotopic (exact) mass is 781 g/mol. The van der Waals surface area contributed by atoms with Gasteiger partial charge in [-0.15, -0.1) is 11.3 Å². The predicted molar refractivity (Wildman–Crippen MR) is 259 cm³/mol. The maximum atomic E-state index is 2.36. The summed E-state index contributed by atoms with van der Waals surface area (Å²) < 4.78 is 2.64. The Morgan fingerprint density at radius 1 is 0.267 bits per heavy atom. The van der Waals surface area contributed by atoms with Gasteiger partial charge in [-0.25, -0.2) is 0 Å². The van der Waals surface area contributed by atoms with Crippen molar-refractivity contribution >= 4 is 59.3 Å².